The third-order valence-electron chi connectivity index (χ3n) is 26.2. The summed E-state index contributed by atoms with van der Waals surface area (Å²) in [5, 5.41) is 15.7. The van der Waals surface area contributed by atoms with Crippen molar-refractivity contribution in [2.45, 2.75) is 0 Å². The minimum atomic E-state index is 0.619. The first-order chi connectivity index (χ1) is 67.5. The number of benzene rings is 19. The van der Waals surface area contributed by atoms with Crippen LogP contribution < -0.4 is 0 Å². The van der Waals surface area contributed by atoms with E-state index in [4.69, 9.17) is 39.9 Å². The van der Waals surface area contributed by atoms with Gasteiger partial charge in [0.1, 0.15) is 0 Å². The topological polar surface area (TPSA) is 128 Å². The molecule has 0 aliphatic heterocycles. The maximum atomic E-state index is 5.23. The molecule has 13 nitrogen and oxygen atoms in total. The summed E-state index contributed by atoms with van der Waals surface area (Å²) in [6.45, 7) is 0. The van der Waals surface area contributed by atoms with Gasteiger partial charge in [-0.1, -0.05) is 346 Å². The average molecular weight is 1760 g/mol. The van der Waals surface area contributed by atoms with E-state index in [-0.39, 0.29) is 0 Å². The molecule has 28 aromatic rings. The maximum Gasteiger partial charge on any atom is 0.238 e. The van der Waals surface area contributed by atoms with Gasteiger partial charge in [-0.2, -0.15) is 9.97 Å². The molecule has 0 saturated heterocycles. The fourth-order valence-corrected chi connectivity index (χ4v) is 21.3. The van der Waals surface area contributed by atoms with Crippen molar-refractivity contribution >= 4 is 151 Å². The van der Waals surface area contributed by atoms with E-state index >= 15 is 0 Å². The van der Waals surface area contributed by atoms with Crippen LogP contribution in [-0.4, -0.2) is 62.7 Å². The average Bonchev–Trinajstić information content (AvgIpc) is 1.51. The first kappa shape index (κ1) is 78.8. The Morgan fingerprint density at radius 3 is 1.01 bits per heavy atom. The van der Waals surface area contributed by atoms with Gasteiger partial charge in [0.2, 0.25) is 11.9 Å². The van der Waals surface area contributed by atoms with E-state index in [9.17, 15) is 0 Å². The Morgan fingerprint density at radius 2 is 0.493 bits per heavy atom. The highest BCUT2D eigenvalue weighted by Crippen LogP contribution is 2.47. The van der Waals surface area contributed by atoms with Crippen molar-refractivity contribution in [1.29, 1.82) is 0 Å². The van der Waals surface area contributed by atoms with Crippen molar-refractivity contribution in [2.75, 3.05) is 0 Å². The van der Waals surface area contributed by atoms with Gasteiger partial charge in [0, 0.05) is 125 Å². The molecular weight excluding hydrogens is 1680 g/mol. The Balaban J connectivity index is 0.000000107. The zero-order valence-electron chi connectivity index (χ0n) is 73.2. The summed E-state index contributed by atoms with van der Waals surface area (Å²) in [6.07, 6.45) is 0. The molecule has 136 heavy (non-hydrogen) atoms. The van der Waals surface area contributed by atoms with Crippen molar-refractivity contribution in [3.8, 4) is 108 Å². The molecule has 0 spiro atoms. The van der Waals surface area contributed by atoms with Gasteiger partial charge in [0.15, 0.2) is 29.1 Å². The molecule has 14 heteroatoms. The van der Waals surface area contributed by atoms with E-state index in [1.165, 1.54) is 107 Å². The number of fused-ring (bicyclic) bond motifs is 21. The van der Waals surface area contributed by atoms with Gasteiger partial charge in [0.25, 0.3) is 0 Å². The lowest BCUT2D eigenvalue weighted by Crippen LogP contribution is -2.06. The van der Waals surface area contributed by atoms with E-state index in [2.05, 4.69) is 356 Å². The van der Waals surface area contributed by atoms with Gasteiger partial charge in [-0.25, -0.2) is 29.9 Å². The number of hydrogen-bond donors (Lipinski definition) is 0. The third kappa shape index (κ3) is 13.4. The van der Waals surface area contributed by atoms with Gasteiger partial charge >= 0.3 is 0 Å². The summed E-state index contributed by atoms with van der Waals surface area (Å²) >= 11 is 1.82. The Hall–Kier alpha value is -18.2. The highest BCUT2D eigenvalue weighted by molar-refractivity contribution is 7.26. The predicted octanol–water partition coefficient (Wildman–Crippen LogP) is 30.9. The molecule has 0 saturated carbocycles. The van der Waals surface area contributed by atoms with Crippen molar-refractivity contribution < 1.29 is 0 Å². The molecule has 636 valence electrons. The molecular formula is C122H77N13S. The highest BCUT2D eigenvalue weighted by Gasteiger charge is 2.27. The Kier molecular flexibility index (Phi) is 19.1. The number of hydrogen-bond acceptors (Lipinski definition) is 9. The molecule has 0 bridgehead atoms. The minimum absolute atomic E-state index is 0.619. The zero-order chi connectivity index (χ0) is 89.7. The minimum Gasteiger partial charge on any atom is -0.309 e. The molecule has 0 amide bonds. The zero-order valence-corrected chi connectivity index (χ0v) is 74.0. The molecule has 0 radical (unpaired) electrons. The van der Waals surface area contributed by atoms with E-state index in [0.29, 0.717) is 41.0 Å². The second-order valence-electron chi connectivity index (χ2n) is 34.0. The number of thiophene rings is 1. The summed E-state index contributed by atoms with van der Waals surface area (Å²) < 4.78 is 14.1. The van der Waals surface area contributed by atoms with Crippen molar-refractivity contribution in [3.05, 3.63) is 467 Å². The normalized spacial score (nSPS) is 11.7. The summed E-state index contributed by atoms with van der Waals surface area (Å²) in [5.74, 6) is 4.54. The van der Waals surface area contributed by atoms with Crippen LogP contribution in [0.5, 0.6) is 0 Å². The first-order valence-electron chi connectivity index (χ1n) is 45.6. The standard InChI is InChI=1S/C45H29N5.C44H28N4.C33H20N4S/c1-4-14-30(15-5-1)43-46-44(31-16-6-2-7-17-31)48-45(47-43)32-24-26-34(27-25-32)49-39-23-13-11-21-37(39)41-40(49)29-28-36-35-20-10-12-22-38(35)50(42(36)41)33-18-8-3-9-19-33;1-3-13-29(14-4-1)43-35-19-7-10-20-38(35)45-44(46-43)48-40-22-12-9-18-34(40)37-28-31(24-26-42(37)48)30-23-25-41-36(27-30)33-17-8-11-21-39(33)47(41)32-15-5-2-6-16-32;1-3-11-21(12-4-1)31-34-32(22-13-5-2-6-14-22)36-33(35-31)37-27-17-9-7-15-23(27)25-19-20-26-24-16-8-10-18-28(24)38-30(26)29(25)37/h1-29H;1-28H;1-20H. The van der Waals surface area contributed by atoms with Crippen LogP contribution in [0.3, 0.4) is 0 Å². The monoisotopic (exact) mass is 1760 g/mol. The quantitative estimate of drug-likeness (QED) is 0.118. The van der Waals surface area contributed by atoms with Crippen molar-refractivity contribution in [3.63, 3.8) is 0 Å². The first-order valence-corrected chi connectivity index (χ1v) is 46.4. The largest absolute Gasteiger partial charge is 0.309 e. The predicted molar refractivity (Wildman–Crippen MR) is 562 cm³/mol. The van der Waals surface area contributed by atoms with Crippen LogP contribution in [0.4, 0.5) is 0 Å². The number of para-hydroxylation sites is 8. The van der Waals surface area contributed by atoms with E-state index in [1.54, 1.807) is 0 Å². The summed E-state index contributed by atoms with van der Waals surface area (Å²) in [4.78, 5) is 40.2. The van der Waals surface area contributed by atoms with Gasteiger partial charge in [0.05, 0.1) is 71.1 Å². The maximum absolute atomic E-state index is 5.23. The highest BCUT2D eigenvalue weighted by atomic mass is 32.1. The van der Waals surface area contributed by atoms with Crippen LogP contribution in [0.15, 0.2) is 467 Å². The number of rotatable bonds is 12. The van der Waals surface area contributed by atoms with Crippen LogP contribution in [0.1, 0.15) is 0 Å². The lowest BCUT2D eigenvalue weighted by atomic mass is 10.0. The number of aromatic nitrogens is 13. The summed E-state index contributed by atoms with van der Waals surface area (Å²) in [7, 11) is 0. The SMILES string of the molecule is c1ccc(-c2nc(-c3ccccc3)nc(-c3ccc(-n4c5ccccc5c5c4ccc4c6ccccc6n(-c6ccccc6)c45)cc3)n2)cc1.c1ccc(-c2nc(-c3ccccc3)nc(-n3c4ccccc4c4ccc5c6ccccc6sc5c43)n2)cc1.c1ccc(-c2nc(-n3c4ccccc4c4cc(-c5ccc6c(c5)c5ccccc5n6-c5ccccc5)ccc43)nc3ccccc23)cc1. The lowest BCUT2D eigenvalue weighted by Gasteiger charge is -2.12. The van der Waals surface area contributed by atoms with Gasteiger partial charge in [-0.3, -0.25) is 9.13 Å². The lowest BCUT2D eigenvalue weighted by molar-refractivity contribution is 0.955. The fourth-order valence-electron chi connectivity index (χ4n) is 20.0. The Labute approximate surface area is 784 Å². The summed E-state index contributed by atoms with van der Waals surface area (Å²) in [6, 6.07) is 163. The Bertz CT molecular complexity index is 9410. The number of nitrogens with zero attached hydrogens (tertiary/aromatic N) is 13. The Morgan fingerprint density at radius 1 is 0.169 bits per heavy atom. The van der Waals surface area contributed by atoms with Crippen LogP contribution in [-0.2, 0) is 0 Å². The van der Waals surface area contributed by atoms with E-state index < -0.39 is 0 Å². The molecule has 9 heterocycles. The van der Waals surface area contributed by atoms with Crippen LogP contribution in [0, 0.1) is 0 Å². The molecule has 0 N–H and O–H groups in total. The van der Waals surface area contributed by atoms with Crippen molar-refractivity contribution in [1.82, 2.24) is 62.7 Å². The molecule has 0 unspecified atom stereocenters. The van der Waals surface area contributed by atoms with E-state index in [1.807, 2.05) is 145 Å². The molecule has 0 aliphatic rings. The van der Waals surface area contributed by atoms with Crippen LogP contribution >= 0.6 is 11.3 Å². The van der Waals surface area contributed by atoms with Crippen LogP contribution in [0.25, 0.3) is 248 Å². The van der Waals surface area contributed by atoms with Gasteiger partial charge in [-0.05, 0) is 132 Å². The molecule has 28 rings (SSSR count). The molecule has 0 fully saturated rings. The third-order valence-corrected chi connectivity index (χ3v) is 27.4. The summed E-state index contributed by atoms with van der Waals surface area (Å²) in [5.41, 5.74) is 24.9. The van der Waals surface area contributed by atoms with Crippen LogP contribution in [0.2, 0.25) is 0 Å². The molecule has 0 atom stereocenters. The molecule has 0 aliphatic carbocycles. The van der Waals surface area contributed by atoms with Crippen molar-refractivity contribution in [2.24, 2.45) is 0 Å². The molecule has 19 aromatic carbocycles. The smallest absolute Gasteiger partial charge is 0.238 e. The van der Waals surface area contributed by atoms with Gasteiger partial charge in [-0.15, -0.1) is 11.3 Å². The van der Waals surface area contributed by atoms with E-state index in [0.717, 1.165) is 100 Å². The molecule has 9 aromatic heterocycles. The second-order valence-corrected chi connectivity index (χ2v) is 35.1. The van der Waals surface area contributed by atoms with Gasteiger partial charge < -0.3 is 13.7 Å². The second kappa shape index (κ2) is 33.0. The fraction of sp³-hybridized carbons (Fsp3) is 0.